The molecule has 0 atom stereocenters. The molecule has 1 aromatic heterocycles. The van der Waals surface area contributed by atoms with Gasteiger partial charge in [-0.2, -0.15) is 4.98 Å². The largest absolute Gasteiger partial charge is 0.350 e. The molecule has 0 aliphatic rings. The highest BCUT2D eigenvalue weighted by Crippen LogP contribution is 2.28. The number of fused-ring (bicyclic) bond motifs is 1. The van der Waals surface area contributed by atoms with E-state index in [2.05, 4.69) is 54.7 Å². The Bertz CT molecular complexity index is 1210. The van der Waals surface area contributed by atoms with Crippen molar-refractivity contribution >= 4 is 28.4 Å². The number of aromatic nitrogens is 2. The van der Waals surface area contributed by atoms with E-state index in [9.17, 15) is 0 Å². The number of rotatable bonds is 5. The highest BCUT2D eigenvalue weighted by atomic mass is 15.1. The Hall–Kier alpha value is -3.84. The molecular weight excluding hydrogens is 356 g/mol. The van der Waals surface area contributed by atoms with Gasteiger partial charge in [-0.25, -0.2) is 4.98 Å². The third-order valence-corrected chi connectivity index (χ3v) is 4.90. The summed E-state index contributed by atoms with van der Waals surface area (Å²) in [6.07, 6.45) is 5.54. The van der Waals surface area contributed by atoms with E-state index in [1.54, 1.807) is 0 Å². The Labute approximate surface area is 171 Å². The minimum atomic E-state index is 0.584. The second kappa shape index (κ2) is 8.04. The molecule has 0 bridgehead atoms. The van der Waals surface area contributed by atoms with E-state index >= 15 is 0 Å². The van der Waals surface area contributed by atoms with Crippen molar-refractivity contribution in [3.8, 4) is 12.3 Å². The van der Waals surface area contributed by atoms with E-state index in [1.807, 2.05) is 42.5 Å². The van der Waals surface area contributed by atoms with Crippen LogP contribution in [0.1, 0.15) is 22.3 Å². The Kier molecular flexibility index (Phi) is 5.13. The van der Waals surface area contributed by atoms with Gasteiger partial charge in [0.15, 0.2) is 0 Å². The number of hydrogen-bond acceptors (Lipinski definition) is 4. The summed E-state index contributed by atoms with van der Waals surface area (Å²) in [4.78, 5) is 9.49. The first-order valence-electron chi connectivity index (χ1n) is 9.53. The summed E-state index contributed by atoms with van der Waals surface area (Å²) >= 11 is 0. The third-order valence-electron chi connectivity index (χ3n) is 4.90. The van der Waals surface area contributed by atoms with E-state index in [-0.39, 0.29) is 0 Å². The predicted molar refractivity (Wildman–Crippen MR) is 120 cm³/mol. The Morgan fingerprint density at radius 2 is 1.69 bits per heavy atom. The summed E-state index contributed by atoms with van der Waals surface area (Å²) in [5.41, 5.74) is 6.19. The molecule has 0 unspecified atom stereocenters. The topological polar surface area (TPSA) is 49.8 Å². The number of benzene rings is 3. The minimum absolute atomic E-state index is 0.584. The van der Waals surface area contributed by atoms with Crippen molar-refractivity contribution in [1.82, 2.24) is 9.97 Å². The number of terminal acetylenes is 1. The van der Waals surface area contributed by atoms with E-state index in [0.717, 1.165) is 28.0 Å². The van der Waals surface area contributed by atoms with E-state index in [0.29, 0.717) is 12.5 Å². The SMILES string of the molecule is C#Cc1cccc(Nc2nc(NCc3ccccc3)nc3cc(C)c(C)cc23)c1. The number of hydrogen-bond donors (Lipinski definition) is 2. The van der Waals surface area contributed by atoms with Crippen molar-refractivity contribution in [3.05, 3.63) is 89.0 Å². The van der Waals surface area contributed by atoms with Crippen LogP contribution < -0.4 is 10.6 Å². The van der Waals surface area contributed by atoms with Gasteiger partial charge in [-0.05, 0) is 60.9 Å². The Morgan fingerprint density at radius 3 is 2.48 bits per heavy atom. The summed E-state index contributed by atoms with van der Waals surface area (Å²) < 4.78 is 0. The van der Waals surface area contributed by atoms with Crippen LogP contribution in [-0.4, -0.2) is 9.97 Å². The maximum atomic E-state index is 5.54. The molecule has 4 nitrogen and oxygen atoms in total. The van der Waals surface area contributed by atoms with Gasteiger partial charge < -0.3 is 10.6 Å². The smallest absolute Gasteiger partial charge is 0.225 e. The first-order chi connectivity index (χ1) is 14.1. The van der Waals surface area contributed by atoms with Crippen LogP contribution in [0.3, 0.4) is 0 Å². The zero-order valence-electron chi connectivity index (χ0n) is 16.5. The molecule has 0 radical (unpaired) electrons. The van der Waals surface area contributed by atoms with Crippen LogP contribution in [-0.2, 0) is 6.54 Å². The molecule has 4 aromatic rings. The highest BCUT2D eigenvalue weighted by molar-refractivity contribution is 5.92. The van der Waals surface area contributed by atoms with Crippen molar-refractivity contribution in [2.75, 3.05) is 10.6 Å². The van der Waals surface area contributed by atoms with Crippen molar-refractivity contribution in [1.29, 1.82) is 0 Å². The second-order valence-electron chi connectivity index (χ2n) is 7.04. The zero-order valence-corrected chi connectivity index (χ0v) is 16.5. The zero-order chi connectivity index (χ0) is 20.2. The molecule has 0 fully saturated rings. The van der Waals surface area contributed by atoms with Crippen molar-refractivity contribution < 1.29 is 0 Å². The van der Waals surface area contributed by atoms with E-state index in [4.69, 9.17) is 16.4 Å². The molecule has 29 heavy (non-hydrogen) atoms. The van der Waals surface area contributed by atoms with Gasteiger partial charge in [-0.1, -0.05) is 42.3 Å². The van der Waals surface area contributed by atoms with Crippen LogP contribution in [0, 0.1) is 26.2 Å². The molecule has 2 N–H and O–H groups in total. The fourth-order valence-corrected chi connectivity index (χ4v) is 3.16. The standard InChI is InChI=1S/C25H22N4/c1-4-19-11-8-12-21(15-19)27-24-22-13-17(2)18(3)14-23(22)28-25(29-24)26-16-20-9-6-5-7-10-20/h1,5-15H,16H2,2-3H3,(H2,26,27,28,29). The van der Waals surface area contributed by atoms with Crippen molar-refractivity contribution in [3.63, 3.8) is 0 Å². The van der Waals surface area contributed by atoms with E-state index in [1.165, 1.54) is 16.7 Å². The number of aryl methyl sites for hydroxylation is 2. The van der Waals surface area contributed by atoms with Gasteiger partial charge in [0.05, 0.1) is 5.52 Å². The molecule has 0 spiro atoms. The average Bonchev–Trinajstić information content (AvgIpc) is 2.74. The third kappa shape index (κ3) is 4.20. The monoisotopic (exact) mass is 378 g/mol. The van der Waals surface area contributed by atoms with E-state index < -0.39 is 0 Å². The number of anilines is 3. The lowest BCUT2D eigenvalue weighted by molar-refractivity contribution is 1.07. The molecule has 1 heterocycles. The Morgan fingerprint density at radius 1 is 0.897 bits per heavy atom. The van der Waals surface area contributed by atoms with Crippen molar-refractivity contribution in [2.24, 2.45) is 0 Å². The summed E-state index contributed by atoms with van der Waals surface area (Å²) in [5, 5.41) is 7.74. The number of nitrogens with one attached hydrogen (secondary N) is 2. The average molecular weight is 378 g/mol. The van der Waals surface area contributed by atoms with Crippen LogP contribution in [0.15, 0.2) is 66.7 Å². The normalized spacial score (nSPS) is 10.5. The molecule has 0 saturated carbocycles. The first kappa shape index (κ1) is 18.5. The summed E-state index contributed by atoms with van der Waals surface area (Å²) in [6, 6.07) is 22.2. The van der Waals surface area contributed by atoms with Gasteiger partial charge >= 0.3 is 0 Å². The van der Waals surface area contributed by atoms with Gasteiger partial charge in [0, 0.05) is 23.2 Å². The van der Waals surface area contributed by atoms with Gasteiger partial charge in [0.25, 0.3) is 0 Å². The maximum Gasteiger partial charge on any atom is 0.225 e. The fourth-order valence-electron chi connectivity index (χ4n) is 3.16. The highest BCUT2D eigenvalue weighted by Gasteiger charge is 2.10. The lowest BCUT2D eigenvalue weighted by atomic mass is 10.1. The van der Waals surface area contributed by atoms with Gasteiger partial charge in [-0.15, -0.1) is 6.42 Å². The molecule has 0 aliphatic heterocycles. The first-order valence-corrected chi connectivity index (χ1v) is 9.53. The van der Waals surface area contributed by atoms with Crippen molar-refractivity contribution in [2.45, 2.75) is 20.4 Å². The van der Waals surface area contributed by atoms with Gasteiger partial charge in [-0.3, -0.25) is 0 Å². The molecule has 0 saturated heterocycles. The molecule has 0 aliphatic carbocycles. The van der Waals surface area contributed by atoms with Crippen LogP contribution in [0.25, 0.3) is 10.9 Å². The second-order valence-corrected chi connectivity index (χ2v) is 7.04. The quantitative estimate of drug-likeness (QED) is 0.445. The lowest BCUT2D eigenvalue weighted by Gasteiger charge is -2.14. The molecule has 3 aromatic carbocycles. The summed E-state index contributed by atoms with van der Waals surface area (Å²) in [5.74, 6) is 4.01. The molecule has 142 valence electrons. The van der Waals surface area contributed by atoms with Crippen LogP contribution >= 0.6 is 0 Å². The lowest BCUT2D eigenvalue weighted by Crippen LogP contribution is -2.06. The molecule has 4 heteroatoms. The van der Waals surface area contributed by atoms with Crippen LogP contribution in [0.5, 0.6) is 0 Å². The molecular formula is C25H22N4. The van der Waals surface area contributed by atoms with Gasteiger partial charge in [0.1, 0.15) is 5.82 Å². The molecule has 0 amide bonds. The summed E-state index contributed by atoms with van der Waals surface area (Å²) in [7, 11) is 0. The summed E-state index contributed by atoms with van der Waals surface area (Å²) in [6.45, 7) is 4.85. The fraction of sp³-hybridized carbons (Fsp3) is 0.120. The maximum absolute atomic E-state index is 5.54. The minimum Gasteiger partial charge on any atom is -0.350 e. The van der Waals surface area contributed by atoms with Gasteiger partial charge in [0.2, 0.25) is 5.95 Å². The van der Waals surface area contributed by atoms with Crippen LogP contribution in [0.4, 0.5) is 17.5 Å². The predicted octanol–water partition coefficient (Wildman–Crippen LogP) is 5.58. The molecule has 4 rings (SSSR count). The number of nitrogens with zero attached hydrogens (tertiary/aromatic N) is 2. The Balaban J connectivity index is 1.73. The van der Waals surface area contributed by atoms with Crippen LogP contribution in [0.2, 0.25) is 0 Å².